The van der Waals surface area contributed by atoms with E-state index in [0.29, 0.717) is 5.56 Å². The maximum atomic E-state index is 13.3. The molecule has 0 unspecified atom stereocenters. The van der Waals surface area contributed by atoms with Crippen molar-refractivity contribution < 1.29 is 13.6 Å². The van der Waals surface area contributed by atoms with Gasteiger partial charge in [-0.15, -0.1) is 0 Å². The minimum Gasteiger partial charge on any atom is -0.294 e. The third-order valence-electron chi connectivity index (χ3n) is 2.35. The number of hydrogen-bond donors (Lipinski definition) is 0. The third-order valence-corrected chi connectivity index (χ3v) is 2.35. The summed E-state index contributed by atoms with van der Waals surface area (Å²) in [6.45, 7) is 0. The van der Waals surface area contributed by atoms with Crippen LogP contribution in [0.15, 0.2) is 42.7 Å². The fourth-order valence-electron chi connectivity index (χ4n) is 1.48. The van der Waals surface area contributed by atoms with Crippen LogP contribution in [-0.2, 0) is 6.42 Å². The van der Waals surface area contributed by atoms with E-state index < -0.39 is 5.82 Å². The number of ketones is 1. The van der Waals surface area contributed by atoms with E-state index in [1.54, 1.807) is 0 Å². The lowest BCUT2D eigenvalue weighted by atomic mass is 10.0. The van der Waals surface area contributed by atoms with E-state index in [2.05, 4.69) is 4.98 Å². The molecular weight excluding hydrogens is 224 g/mol. The fraction of sp³-hybridized carbons (Fsp3) is 0.0769. The average Bonchev–Trinajstić information content (AvgIpc) is 2.32. The second-order valence-electron chi connectivity index (χ2n) is 3.58. The smallest absolute Gasteiger partial charge is 0.170 e. The van der Waals surface area contributed by atoms with Crippen molar-refractivity contribution >= 4 is 5.78 Å². The second kappa shape index (κ2) is 4.82. The Hall–Kier alpha value is -2.10. The highest BCUT2D eigenvalue weighted by Crippen LogP contribution is 2.10. The number of pyridine rings is 1. The van der Waals surface area contributed by atoms with Crippen LogP contribution in [0.1, 0.15) is 15.9 Å². The number of nitrogens with zero attached hydrogens (tertiary/aromatic N) is 1. The van der Waals surface area contributed by atoms with Gasteiger partial charge in [0.25, 0.3) is 0 Å². The average molecular weight is 233 g/mol. The second-order valence-corrected chi connectivity index (χ2v) is 3.58. The summed E-state index contributed by atoms with van der Waals surface area (Å²) in [4.78, 5) is 15.3. The molecule has 0 aliphatic rings. The molecule has 1 heterocycles. The summed E-state index contributed by atoms with van der Waals surface area (Å²) in [7, 11) is 0. The molecule has 0 saturated heterocycles. The molecule has 0 N–H and O–H groups in total. The van der Waals surface area contributed by atoms with Gasteiger partial charge in [-0.3, -0.25) is 9.78 Å². The van der Waals surface area contributed by atoms with E-state index >= 15 is 0 Å². The largest absolute Gasteiger partial charge is 0.294 e. The predicted molar refractivity (Wildman–Crippen MR) is 58.6 cm³/mol. The standard InChI is InChI=1S/C13H9F2NO/c14-10-3-1-9(2-4-10)7-13(17)11-5-6-16-8-12(11)15/h1-6,8H,7H2. The highest BCUT2D eigenvalue weighted by molar-refractivity contribution is 5.97. The van der Waals surface area contributed by atoms with E-state index in [1.165, 1.54) is 36.5 Å². The van der Waals surface area contributed by atoms with Gasteiger partial charge in [0.05, 0.1) is 11.8 Å². The van der Waals surface area contributed by atoms with E-state index in [1.807, 2.05) is 0 Å². The number of hydrogen-bond acceptors (Lipinski definition) is 2. The van der Waals surface area contributed by atoms with Gasteiger partial charge >= 0.3 is 0 Å². The number of aromatic nitrogens is 1. The molecule has 2 nitrogen and oxygen atoms in total. The van der Waals surface area contributed by atoms with Crippen molar-refractivity contribution in [3.8, 4) is 0 Å². The monoisotopic (exact) mass is 233 g/mol. The van der Waals surface area contributed by atoms with Gasteiger partial charge in [-0.1, -0.05) is 12.1 Å². The summed E-state index contributed by atoms with van der Waals surface area (Å²) in [5.41, 5.74) is 0.650. The van der Waals surface area contributed by atoms with Crippen LogP contribution in [-0.4, -0.2) is 10.8 Å². The minimum atomic E-state index is -0.639. The molecule has 86 valence electrons. The van der Waals surface area contributed by atoms with Crippen LogP contribution < -0.4 is 0 Å². The summed E-state index contributed by atoms with van der Waals surface area (Å²) >= 11 is 0. The SMILES string of the molecule is O=C(Cc1ccc(F)cc1)c1ccncc1F. The van der Waals surface area contributed by atoms with E-state index in [4.69, 9.17) is 0 Å². The molecule has 4 heteroatoms. The number of carbonyl (C=O) groups excluding carboxylic acids is 1. The van der Waals surface area contributed by atoms with Gasteiger partial charge in [0.15, 0.2) is 11.6 Å². The van der Waals surface area contributed by atoms with Crippen LogP contribution in [0.25, 0.3) is 0 Å². The van der Waals surface area contributed by atoms with Gasteiger partial charge in [0, 0.05) is 12.6 Å². The van der Waals surface area contributed by atoms with Crippen molar-refractivity contribution in [2.45, 2.75) is 6.42 Å². The number of carbonyl (C=O) groups is 1. The Morgan fingerprint density at radius 1 is 1.12 bits per heavy atom. The lowest BCUT2D eigenvalue weighted by Crippen LogP contribution is -2.06. The molecule has 2 aromatic rings. The summed E-state index contributed by atoms with van der Waals surface area (Å²) in [6.07, 6.45) is 2.40. The number of rotatable bonds is 3. The predicted octanol–water partition coefficient (Wildman–Crippen LogP) is 2.79. The Labute approximate surface area is 96.9 Å². The first-order chi connectivity index (χ1) is 8.16. The molecule has 0 bridgehead atoms. The lowest BCUT2D eigenvalue weighted by Gasteiger charge is -2.02. The molecule has 0 fully saturated rings. The van der Waals surface area contributed by atoms with Crippen LogP contribution in [0.5, 0.6) is 0 Å². The molecule has 0 spiro atoms. The van der Waals surface area contributed by atoms with Gasteiger partial charge in [0.1, 0.15) is 5.82 Å². The van der Waals surface area contributed by atoms with Crippen LogP contribution in [0.4, 0.5) is 8.78 Å². The first kappa shape index (κ1) is 11.4. The van der Waals surface area contributed by atoms with Gasteiger partial charge in [-0.25, -0.2) is 8.78 Å². The van der Waals surface area contributed by atoms with Crippen molar-refractivity contribution in [2.75, 3.05) is 0 Å². The number of halogens is 2. The Bertz CT molecular complexity index is 537. The molecule has 0 amide bonds. The zero-order chi connectivity index (χ0) is 12.3. The topological polar surface area (TPSA) is 30.0 Å². The highest BCUT2D eigenvalue weighted by atomic mass is 19.1. The van der Waals surface area contributed by atoms with Crippen molar-refractivity contribution in [1.29, 1.82) is 0 Å². The van der Waals surface area contributed by atoms with Gasteiger partial charge in [0.2, 0.25) is 0 Å². The molecule has 1 aromatic carbocycles. The maximum Gasteiger partial charge on any atom is 0.170 e. The molecular formula is C13H9F2NO. The number of Topliss-reactive ketones (excluding diaryl/α,β-unsaturated/α-hetero) is 1. The summed E-state index contributed by atoms with van der Waals surface area (Å²) in [5.74, 6) is -1.35. The highest BCUT2D eigenvalue weighted by Gasteiger charge is 2.11. The summed E-state index contributed by atoms with van der Waals surface area (Å²) in [5, 5.41) is 0. The van der Waals surface area contributed by atoms with Crippen molar-refractivity contribution in [3.05, 3.63) is 65.5 Å². The Morgan fingerprint density at radius 2 is 1.82 bits per heavy atom. The van der Waals surface area contributed by atoms with Crippen LogP contribution in [0.3, 0.4) is 0 Å². The summed E-state index contributed by atoms with van der Waals surface area (Å²) in [6, 6.07) is 6.89. The minimum absolute atomic E-state index is 0.00400. The van der Waals surface area contributed by atoms with Crippen molar-refractivity contribution in [2.24, 2.45) is 0 Å². The molecule has 0 atom stereocenters. The van der Waals surface area contributed by atoms with Gasteiger partial charge in [-0.05, 0) is 23.8 Å². The molecule has 17 heavy (non-hydrogen) atoms. The van der Waals surface area contributed by atoms with E-state index in [0.717, 1.165) is 6.20 Å². The van der Waals surface area contributed by atoms with Gasteiger partial charge in [-0.2, -0.15) is 0 Å². The van der Waals surface area contributed by atoms with Crippen LogP contribution in [0, 0.1) is 11.6 Å². The molecule has 0 saturated carbocycles. The molecule has 0 aliphatic heterocycles. The normalized spacial score (nSPS) is 10.2. The fourth-order valence-corrected chi connectivity index (χ4v) is 1.48. The Balaban J connectivity index is 2.17. The van der Waals surface area contributed by atoms with Crippen LogP contribution in [0.2, 0.25) is 0 Å². The zero-order valence-electron chi connectivity index (χ0n) is 8.86. The van der Waals surface area contributed by atoms with E-state index in [-0.39, 0.29) is 23.6 Å². The summed E-state index contributed by atoms with van der Waals surface area (Å²) < 4.78 is 25.9. The van der Waals surface area contributed by atoms with Gasteiger partial charge < -0.3 is 0 Å². The molecule has 2 rings (SSSR count). The number of benzene rings is 1. The molecule has 0 radical (unpaired) electrons. The first-order valence-corrected chi connectivity index (χ1v) is 5.04. The Kier molecular flexibility index (Phi) is 3.23. The molecule has 0 aliphatic carbocycles. The maximum absolute atomic E-state index is 13.3. The first-order valence-electron chi connectivity index (χ1n) is 5.04. The zero-order valence-corrected chi connectivity index (χ0v) is 8.86. The van der Waals surface area contributed by atoms with Crippen molar-refractivity contribution in [1.82, 2.24) is 4.98 Å². The van der Waals surface area contributed by atoms with Crippen LogP contribution >= 0.6 is 0 Å². The molecule has 1 aromatic heterocycles. The third kappa shape index (κ3) is 2.72. The lowest BCUT2D eigenvalue weighted by molar-refractivity contribution is 0.0989. The van der Waals surface area contributed by atoms with E-state index in [9.17, 15) is 13.6 Å². The Morgan fingerprint density at radius 3 is 2.47 bits per heavy atom. The quantitative estimate of drug-likeness (QED) is 0.763. The van der Waals surface area contributed by atoms with Crippen molar-refractivity contribution in [3.63, 3.8) is 0 Å².